The van der Waals surface area contributed by atoms with Gasteiger partial charge in [0.15, 0.2) is 0 Å². The first kappa shape index (κ1) is 21.1. The number of aromatic nitrogens is 2. The van der Waals surface area contributed by atoms with Gasteiger partial charge < -0.3 is 9.30 Å². The number of aryl methyl sites for hydroxylation is 1. The maximum atomic E-state index is 13.5. The molecular formula is C26H25FN4O2. The molecular weight excluding hydrogens is 419 g/mol. The first-order chi connectivity index (χ1) is 16.0. The van der Waals surface area contributed by atoms with E-state index in [1.165, 1.54) is 12.1 Å². The van der Waals surface area contributed by atoms with Crippen LogP contribution in [0.4, 0.5) is 4.39 Å². The average Bonchev–Trinajstić information content (AvgIpc) is 3.43. The van der Waals surface area contributed by atoms with Gasteiger partial charge in [-0.25, -0.2) is 9.37 Å². The minimum absolute atomic E-state index is 0.0508. The number of rotatable bonds is 5. The monoisotopic (exact) mass is 444 g/mol. The number of halogens is 1. The predicted octanol–water partition coefficient (Wildman–Crippen LogP) is 4.66. The Kier molecular flexibility index (Phi) is 5.32. The van der Waals surface area contributed by atoms with Crippen molar-refractivity contribution in [2.24, 2.45) is 4.99 Å². The third kappa shape index (κ3) is 3.73. The van der Waals surface area contributed by atoms with Crippen LogP contribution in [0.3, 0.4) is 0 Å². The van der Waals surface area contributed by atoms with Gasteiger partial charge in [0.2, 0.25) is 5.91 Å². The normalized spacial score (nSPS) is 20.3. The van der Waals surface area contributed by atoms with Crippen LogP contribution in [0.1, 0.15) is 36.1 Å². The Morgan fingerprint density at radius 2 is 1.97 bits per heavy atom. The molecule has 5 rings (SSSR count). The Bertz CT molecular complexity index is 1260. The first-order valence-electron chi connectivity index (χ1n) is 11.0. The van der Waals surface area contributed by atoms with Gasteiger partial charge in [-0.05, 0) is 61.2 Å². The van der Waals surface area contributed by atoms with E-state index in [1.54, 1.807) is 30.5 Å². The fourth-order valence-electron chi connectivity index (χ4n) is 4.76. The number of carbonyl (C=O) groups is 1. The Balaban J connectivity index is 1.44. The Labute approximate surface area is 192 Å². The number of methoxy groups -OCH3 is 1. The van der Waals surface area contributed by atoms with Crippen molar-refractivity contribution in [3.63, 3.8) is 0 Å². The van der Waals surface area contributed by atoms with E-state index < -0.39 is 5.54 Å². The van der Waals surface area contributed by atoms with E-state index in [1.807, 2.05) is 48.0 Å². The molecule has 168 valence electrons. The molecule has 1 saturated heterocycles. The SMILES string of the molecule is COc1cc(C=CC2=NCC3(c4ccc(F)cc4)CCCC(=O)N23)ccc1-n1cnc(C)c1. The van der Waals surface area contributed by atoms with Gasteiger partial charge in [0.25, 0.3) is 0 Å². The smallest absolute Gasteiger partial charge is 0.229 e. The lowest BCUT2D eigenvalue weighted by atomic mass is 9.81. The Hall–Kier alpha value is -3.74. The van der Waals surface area contributed by atoms with Crippen LogP contribution in [-0.4, -0.2) is 39.8 Å². The summed E-state index contributed by atoms with van der Waals surface area (Å²) >= 11 is 0. The Morgan fingerprint density at radius 3 is 2.70 bits per heavy atom. The van der Waals surface area contributed by atoms with Crippen molar-refractivity contribution in [2.75, 3.05) is 13.7 Å². The van der Waals surface area contributed by atoms with Gasteiger partial charge in [0.05, 0.1) is 36.9 Å². The number of imidazole rings is 1. The van der Waals surface area contributed by atoms with Gasteiger partial charge in [-0.3, -0.25) is 14.7 Å². The first-order valence-corrected chi connectivity index (χ1v) is 11.0. The molecule has 1 fully saturated rings. The summed E-state index contributed by atoms with van der Waals surface area (Å²) in [6.45, 7) is 2.42. The second-order valence-corrected chi connectivity index (χ2v) is 8.48. The molecule has 0 aliphatic carbocycles. The van der Waals surface area contributed by atoms with Gasteiger partial charge in [-0.1, -0.05) is 24.3 Å². The fourth-order valence-corrected chi connectivity index (χ4v) is 4.76. The summed E-state index contributed by atoms with van der Waals surface area (Å²) in [6.07, 6.45) is 9.61. The second-order valence-electron chi connectivity index (χ2n) is 8.48. The largest absolute Gasteiger partial charge is 0.495 e. The van der Waals surface area contributed by atoms with E-state index in [-0.39, 0.29) is 11.7 Å². The molecule has 6 nitrogen and oxygen atoms in total. The predicted molar refractivity (Wildman–Crippen MR) is 125 cm³/mol. The van der Waals surface area contributed by atoms with E-state index in [0.717, 1.165) is 41.1 Å². The lowest BCUT2D eigenvalue weighted by Gasteiger charge is -2.42. The number of hydrogen-bond acceptors (Lipinski definition) is 4. The van der Waals surface area contributed by atoms with Gasteiger partial charge in [0.1, 0.15) is 17.4 Å². The fraction of sp³-hybridized carbons (Fsp3) is 0.269. The summed E-state index contributed by atoms with van der Waals surface area (Å²) in [5, 5.41) is 0. The zero-order chi connectivity index (χ0) is 23.0. The molecule has 0 radical (unpaired) electrons. The van der Waals surface area contributed by atoms with E-state index >= 15 is 0 Å². The van der Waals surface area contributed by atoms with Crippen LogP contribution in [0.25, 0.3) is 11.8 Å². The zero-order valence-electron chi connectivity index (χ0n) is 18.7. The average molecular weight is 445 g/mol. The van der Waals surface area contributed by atoms with Crippen molar-refractivity contribution < 1.29 is 13.9 Å². The van der Waals surface area contributed by atoms with Crippen molar-refractivity contribution in [3.05, 3.63) is 83.7 Å². The molecule has 0 bridgehead atoms. The molecule has 2 aliphatic heterocycles. The van der Waals surface area contributed by atoms with Crippen LogP contribution in [0.5, 0.6) is 5.75 Å². The van der Waals surface area contributed by atoms with Gasteiger partial charge in [-0.2, -0.15) is 0 Å². The summed E-state index contributed by atoms with van der Waals surface area (Å²) in [6, 6.07) is 12.3. The maximum Gasteiger partial charge on any atom is 0.229 e. The highest BCUT2D eigenvalue weighted by Crippen LogP contribution is 2.42. The number of amidine groups is 1. The van der Waals surface area contributed by atoms with Crippen molar-refractivity contribution in [1.29, 1.82) is 0 Å². The molecule has 0 spiro atoms. The highest BCUT2D eigenvalue weighted by Gasteiger charge is 2.48. The molecule has 2 aromatic carbocycles. The summed E-state index contributed by atoms with van der Waals surface area (Å²) in [5.74, 6) is 1.12. The van der Waals surface area contributed by atoms with Crippen LogP contribution >= 0.6 is 0 Å². The van der Waals surface area contributed by atoms with Crippen LogP contribution in [0, 0.1) is 12.7 Å². The highest BCUT2D eigenvalue weighted by molar-refractivity contribution is 6.08. The molecule has 1 unspecified atom stereocenters. The van der Waals surface area contributed by atoms with E-state index in [0.29, 0.717) is 18.8 Å². The number of piperidine rings is 1. The summed E-state index contributed by atoms with van der Waals surface area (Å²) in [5.41, 5.74) is 3.14. The molecule has 3 heterocycles. The number of amides is 1. The van der Waals surface area contributed by atoms with Gasteiger partial charge >= 0.3 is 0 Å². The number of fused-ring (bicyclic) bond motifs is 1. The van der Waals surface area contributed by atoms with E-state index in [9.17, 15) is 9.18 Å². The van der Waals surface area contributed by atoms with Gasteiger partial charge in [0, 0.05) is 12.6 Å². The number of aliphatic imine (C=N–C) groups is 1. The number of carbonyl (C=O) groups excluding carboxylic acids is 1. The van der Waals surface area contributed by atoms with Crippen molar-refractivity contribution in [2.45, 2.75) is 31.7 Å². The summed E-state index contributed by atoms with van der Waals surface area (Å²) in [4.78, 5) is 23.8. The van der Waals surface area contributed by atoms with Crippen LogP contribution in [0.15, 0.2) is 66.1 Å². The molecule has 33 heavy (non-hydrogen) atoms. The molecule has 2 aliphatic rings. The number of nitrogens with zero attached hydrogens (tertiary/aromatic N) is 4. The van der Waals surface area contributed by atoms with Crippen molar-refractivity contribution >= 4 is 17.8 Å². The third-order valence-corrected chi connectivity index (χ3v) is 6.39. The number of hydrogen-bond donors (Lipinski definition) is 0. The highest BCUT2D eigenvalue weighted by atomic mass is 19.1. The van der Waals surface area contributed by atoms with Crippen molar-refractivity contribution in [1.82, 2.24) is 14.5 Å². The summed E-state index contributed by atoms with van der Waals surface area (Å²) < 4.78 is 21.0. The van der Waals surface area contributed by atoms with Crippen LogP contribution < -0.4 is 4.74 Å². The molecule has 3 aromatic rings. The third-order valence-electron chi connectivity index (χ3n) is 6.39. The quantitative estimate of drug-likeness (QED) is 0.575. The van der Waals surface area contributed by atoms with Crippen molar-refractivity contribution in [3.8, 4) is 11.4 Å². The van der Waals surface area contributed by atoms with Crippen LogP contribution in [0.2, 0.25) is 0 Å². The second kappa shape index (κ2) is 8.31. The minimum Gasteiger partial charge on any atom is -0.495 e. The topological polar surface area (TPSA) is 59.7 Å². The van der Waals surface area contributed by atoms with E-state index in [2.05, 4.69) is 4.98 Å². The molecule has 1 atom stereocenters. The molecule has 0 N–H and O–H groups in total. The molecule has 1 aromatic heterocycles. The van der Waals surface area contributed by atoms with E-state index in [4.69, 9.17) is 9.73 Å². The van der Waals surface area contributed by atoms with Gasteiger partial charge in [-0.15, -0.1) is 0 Å². The molecule has 1 amide bonds. The maximum absolute atomic E-state index is 13.5. The van der Waals surface area contributed by atoms with Crippen LogP contribution in [-0.2, 0) is 10.3 Å². The standard InChI is InChI=1S/C26H25FN4O2/c1-18-15-30(17-29-18)22-11-5-19(14-23(22)33-2)6-12-24-28-16-26(13-3-4-25(32)31(24)26)20-7-9-21(27)10-8-20/h5-12,14-15,17H,3-4,13,16H2,1-2H3. The Morgan fingerprint density at radius 1 is 1.15 bits per heavy atom. The number of benzene rings is 2. The molecule has 0 saturated carbocycles. The summed E-state index contributed by atoms with van der Waals surface area (Å²) in [7, 11) is 1.64. The lowest BCUT2D eigenvalue weighted by molar-refractivity contribution is -0.134. The minimum atomic E-state index is -0.538. The lowest BCUT2D eigenvalue weighted by Crippen LogP contribution is -2.52. The molecule has 7 heteroatoms. The number of ether oxygens (including phenoxy) is 1. The zero-order valence-corrected chi connectivity index (χ0v) is 18.7.